The first-order valence-corrected chi connectivity index (χ1v) is 11.3. The molecular formula is C23H24N2O4S. The zero-order valence-corrected chi connectivity index (χ0v) is 17.9. The second-order valence-corrected chi connectivity index (χ2v) is 9.38. The van der Waals surface area contributed by atoms with Gasteiger partial charge in [-0.2, -0.15) is 0 Å². The predicted octanol–water partition coefficient (Wildman–Crippen LogP) is 3.50. The van der Waals surface area contributed by atoms with Gasteiger partial charge in [0.05, 0.1) is 10.6 Å². The quantitative estimate of drug-likeness (QED) is 0.373. The Hall–Kier alpha value is -3.19. The largest absolute Gasteiger partial charge is 0.411 e. The summed E-state index contributed by atoms with van der Waals surface area (Å²) in [6, 6.07) is 17.8. The van der Waals surface area contributed by atoms with E-state index in [9.17, 15) is 18.4 Å². The van der Waals surface area contributed by atoms with Crippen LogP contribution in [0.2, 0.25) is 0 Å². The molecule has 0 fully saturated rings. The van der Waals surface area contributed by atoms with Crippen molar-refractivity contribution in [1.29, 1.82) is 0 Å². The van der Waals surface area contributed by atoms with Crippen molar-refractivity contribution in [3.05, 3.63) is 99.5 Å². The highest BCUT2D eigenvalue weighted by atomic mass is 32.2. The molecule has 1 aromatic heterocycles. The van der Waals surface area contributed by atoms with Crippen molar-refractivity contribution in [2.75, 3.05) is 6.26 Å². The highest BCUT2D eigenvalue weighted by Gasteiger charge is 2.21. The summed E-state index contributed by atoms with van der Waals surface area (Å²) in [5, 5.41) is 13.2. The monoisotopic (exact) mass is 424 g/mol. The molecule has 0 aliphatic carbocycles. The molecule has 7 heteroatoms. The van der Waals surface area contributed by atoms with Gasteiger partial charge in [-0.15, -0.1) is 0 Å². The Labute approximate surface area is 176 Å². The van der Waals surface area contributed by atoms with E-state index in [4.69, 9.17) is 0 Å². The second-order valence-electron chi connectivity index (χ2n) is 7.37. The predicted molar refractivity (Wildman–Crippen MR) is 117 cm³/mol. The maximum atomic E-state index is 11.8. The van der Waals surface area contributed by atoms with Crippen LogP contribution in [0, 0.1) is 6.92 Å². The first kappa shape index (κ1) is 21.5. The van der Waals surface area contributed by atoms with Crippen molar-refractivity contribution in [3.63, 3.8) is 0 Å². The van der Waals surface area contributed by atoms with Gasteiger partial charge in [-0.1, -0.05) is 41.6 Å². The Kier molecular flexibility index (Phi) is 6.22. The molecule has 6 nitrogen and oxygen atoms in total. The molecule has 0 saturated carbocycles. The molecule has 0 radical (unpaired) electrons. The number of oxime groups is 1. The minimum atomic E-state index is -3.29. The maximum Gasteiger partial charge on any atom is 0.250 e. The molecule has 3 aromatic rings. The number of nitrogens with zero attached hydrogens (tertiary/aromatic N) is 2. The molecule has 30 heavy (non-hydrogen) atoms. The van der Waals surface area contributed by atoms with Crippen molar-refractivity contribution in [2.45, 2.75) is 24.2 Å². The summed E-state index contributed by atoms with van der Waals surface area (Å²) in [5.74, 6) is -0.164. The van der Waals surface area contributed by atoms with Gasteiger partial charge in [-0.05, 0) is 41.8 Å². The van der Waals surface area contributed by atoms with Crippen LogP contribution in [0.4, 0.5) is 0 Å². The lowest BCUT2D eigenvalue weighted by atomic mass is 9.83. The Bertz CT molecular complexity index is 1240. The Morgan fingerprint density at radius 2 is 1.73 bits per heavy atom. The number of hydrogen-bond donors (Lipinski definition) is 1. The summed E-state index contributed by atoms with van der Waals surface area (Å²) in [4.78, 5) is 12.0. The molecule has 0 aliphatic rings. The summed E-state index contributed by atoms with van der Waals surface area (Å²) in [6.45, 7) is 2.01. The molecule has 1 atom stereocenters. The summed E-state index contributed by atoms with van der Waals surface area (Å²) >= 11 is 0. The molecule has 0 aliphatic heterocycles. The average Bonchev–Trinajstić information content (AvgIpc) is 2.71. The first-order valence-electron chi connectivity index (χ1n) is 9.44. The van der Waals surface area contributed by atoms with E-state index in [-0.39, 0.29) is 16.4 Å². The van der Waals surface area contributed by atoms with Gasteiger partial charge in [-0.3, -0.25) is 4.79 Å². The molecule has 0 amide bonds. The standard InChI is InChI=1S/C23H24N2O4S/c1-16-6-4-5-7-20(16)21(17-8-11-19(12-9-17)30(3,28)29)14-22(24-27)18-10-13-23(26)25(2)15-18/h4-13,15,21,27H,14H2,1-3H3/b24-22+/t21-/m0/s1. The Morgan fingerprint density at radius 1 is 1.07 bits per heavy atom. The summed E-state index contributed by atoms with van der Waals surface area (Å²) < 4.78 is 25.1. The van der Waals surface area contributed by atoms with Crippen LogP contribution in [-0.4, -0.2) is 30.2 Å². The van der Waals surface area contributed by atoms with Crippen molar-refractivity contribution in [2.24, 2.45) is 12.2 Å². The molecule has 0 spiro atoms. The average molecular weight is 425 g/mol. The molecule has 3 rings (SSSR count). The molecule has 1 heterocycles. The van der Waals surface area contributed by atoms with E-state index in [1.807, 2.05) is 31.2 Å². The van der Waals surface area contributed by atoms with E-state index < -0.39 is 9.84 Å². The van der Waals surface area contributed by atoms with Gasteiger partial charge in [-0.25, -0.2) is 8.42 Å². The van der Waals surface area contributed by atoms with E-state index in [1.54, 1.807) is 43.6 Å². The van der Waals surface area contributed by atoms with E-state index in [2.05, 4.69) is 5.16 Å². The lowest BCUT2D eigenvalue weighted by molar-refractivity contribution is 0.317. The summed E-state index contributed by atoms with van der Waals surface area (Å²) in [6.07, 6.45) is 3.19. The zero-order chi connectivity index (χ0) is 21.9. The lowest BCUT2D eigenvalue weighted by Gasteiger charge is -2.21. The first-order chi connectivity index (χ1) is 14.2. The van der Waals surface area contributed by atoms with Crippen molar-refractivity contribution in [3.8, 4) is 0 Å². The minimum Gasteiger partial charge on any atom is -0.411 e. The number of sulfone groups is 1. The van der Waals surface area contributed by atoms with Crippen LogP contribution in [0.25, 0.3) is 0 Å². The molecule has 1 N–H and O–H groups in total. The van der Waals surface area contributed by atoms with E-state index in [1.165, 1.54) is 16.9 Å². The molecular weight excluding hydrogens is 400 g/mol. The van der Waals surface area contributed by atoms with Crippen molar-refractivity contribution in [1.82, 2.24) is 4.57 Å². The van der Waals surface area contributed by atoms with Crippen LogP contribution in [-0.2, 0) is 16.9 Å². The van der Waals surface area contributed by atoms with Gasteiger partial charge in [0.1, 0.15) is 0 Å². The normalized spacial score (nSPS) is 13.2. The van der Waals surface area contributed by atoms with Crippen LogP contribution < -0.4 is 5.56 Å². The van der Waals surface area contributed by atoms with Gasteiger partial charge in [0, 0.05) is 43.5 Å². The van der Waals surface area contributed by atoms with E-state index >= 15 is 0 Å². The number of pyridine rings is 1. The van der Waals surface area contributed by atoms with Gasteiger partial charge in [0.15, 0.2) is 9.84 Å². The number of rotatable bonds is 6. The van der Waals surface area contributed by atoms with Crippen molar-refractivity contribution >= 4 is 15.5 Å². The van der Waals surface area contributed by atoms with Crippen LogP contribution in [0.15, 0.2) is 81.7 Å². The Morgan fingerprint density at radius 3 is 2.30 bits per heavy atom. The number of aromatic nitrogens is 1. The van der Waals surface area contributed by atoms with Crippen LogP contribution in [0.1, 0.15) is 34.6 Å². The summed E-state index contributed by atoms with van der Waals surface area (Å²) in [5.41, 5.74) is 3.96. The van der Waals surface area contributed by atoms with Gasteiger partial charge >= 0.3 is 0 Å². The smallest absolute Gasteiger partial charge is 0.250 e. The number of hydrogen-bond acceptors (Lipinski definition) is 5. The van der Waals surface area contributed by atoms with Crippen LogP contribution in [0.5, 0.6) is 0 Å². The SMILES string of the molecule is Cc1ccccc1[C@@H](C/C(=N\O)c1ccc(=O)n(C)c1)c1ccc(S(C)(=O)=O)cc1. The summed E-state index contributed by atoms with van der Waals surface area (Å²) in [7, 11) is -1.65. The van der Waals surface area contributed by atoms with Gasteiger partial charge < -0.3 is 9.77 Å². The van der Waals surface area contributed by atoms with Crippen LogP contribution >= 0.6 is 0 Å². The fourth-order valence-corrected chi connectivity index (χ4v) is 4.14. The number of benzene rings is 2. The highest BCUT2D eigenvalue weighted by Crippen LogP contribution is 2.32. The van der Waals surface area contributed by atoms with Gasteiger partial charge in [0.2, 0.25) is 5.56 Å². The molecule has 156 valence electrons. The molecule has 0 bridgehead atoms. The van der Waals surface area contributed by atoms with E-state index in [0.29, 0.717) is 17.7 Å². The molecule has 2 aromatic carbocycles. The fourth-order valence-electron chi connectivity index (χ4n) is 3.51. The Balaban J connectivity index is 2.07. The number of aryl methyl sites for hydroxylation is 2. The molecule has 0 saturated heterocycles. The van der Waals surface area contributed by atoms with Crippen LogP contribution in [0.3, 0.4) is 0 Å². The third-order valence-electron chi connectivity index (χ3n) is 5.21. The van der Waals surface area contributed by atoms with E-state index in [0.717, 1.165) is 16.7 Å². The van der Waals surface area contributed by atoms with Crippen molar-refractivity contribution < 1.29 is 13.6 Å². The van der Waals surface area contributed by atoms with Gasteiger partial charge in [0.25, 0.3) is 0 Å². The third kappa shape index (κ3) is 4.68. The third-order valence-corrected chi connectivity index (χ3v) is 6.34. The lowest BCUT2D eigenvalue weighted by Crippen LogP contribution is -2.18. The fraction of sp³-hybridized carbons (Fsp3) is 0.217. The molecule has 0 unspecified atom stereocenters. The minimum absolute atomic E-state index is 0.150. The maximum absolute atomic E-state index is 11.8. The second kappa shape index (κ2) is 8.67. The highest BCUT2D eigenvalue weighted by molar-refractivity contribution is 7.90. The topological polar surface area (TPSA) is 88.7 Å². The zero-order valence-electron chi connectivity index (χ0n) is 17.1.